The number of nitrogens with one attached hydrogen (secondary N) is 1. The van der Waals surface area contributed by atoms with Crippen LogP contribution in [-0.2, 0) is 6.61 Å². The number of hydrogen-bond donors (Lipinski definition) is 1. The monoisotopic (exact) mass is 366 g/mol. The molecule has 1 aromatic carbocycles. The predicted molar refractivity (Wildman–Crippen MR) is 99.4 cm³/mol. The van der Waals surface area contributed by atoms with Crippen LogP contribution < -0.4 is 10.1 Å². The Morgan fingerprint density at radius 2 is 2.20 bits per heavy atom. The van der Waals surface area contributed by atoms with Crippen molar-refractivity contribution in [3.8, 4) is 5.75 Å². The van der Waals surface area contributed by atoms with E-state index >= 15 is 0 Å². The number of hydrogen-bond acceptors (Lipinski definition) is 6. The highest BCUT2D eigenvalue weighted by molar-refractivity contribution is 5.85. The number of benzene rings is 1. The molecule has 25 heavy (non-hydrogen) atoms. The van der Waals surface area contributed by atoms with Gasteiger partial charge in [0.1, 0.15) is 5.75 Å². The molecule has 1 saturated heterocycles. The van der Waals surface area contributed by atoms with Gasteiger partial charge in [0, 0.05) is 19.6 Å². The molecule has 3 rings (SSSR count). The van der Waals surface area contributed by atoms with Crippen molar-refractivity contribution in [1.82, 2.24) is 20.4 Å². The van der Waals surface area contributed by atoms with Crippen LogP contribution in [0.4, 0.5) is 0 Å². The van der Waals surface area contributed by atoms with E-state index in [1.807, 2.05) is 0 Å². The molecule has 7 heteroatoms. The van der Waals surface area contributed by atoms with Gasteiger partial charge in [0.05, 0.1) is 6.04 Å². The molecule has 1 fully saturated rings. The normalized spacial score (nSPS) is 18.2. The number of ether oxygens (including phenoxy) is 1. The zero-order valence-corrected chi connectivity index (χ0v) is 16.1. The molecule has 6 nitrogen and oxygen atoms in total. The van der Waals surface area contributed by atoms with E-state index in [9.17, 15) is 0 Å². The van der Waals surface area contributed by atoms with Crippen LogP contribution in [0.15, 0.2) is 22.7 Å². The Hall–Kier alpha value is -1.63. The van der Waals surface area contributed by atoms with E-state index in [2.05, 4.69) is 66.4 Å². The zero-order valence-electron chi connectivity index (χ0n) is 15.3. The van der Waals surface area contributed by atoms with Crippen LogP contribution in [0.25, 0.3) is 0 Å². The lowest BCUT2D eigenvalue weighted by atomic mass is 10.0. The van der Waals surface area contributed by atoms with E-state index < -0.39 is 0 Å². The van der Waals surface area contributed by atoms with Crippen LogP contribution in [0.3, 0.4) is 0 Å². The predicted octanol–water partition coefficient (Wildman–Crippen LogP) is 3.08. The average molecular weight is 367 g/mol. The first-order valence-electron chi connectivity index (χ1n) is 8.51. The highest BCUT2D eigenvalue weighted by Crippen LogP contribution is 2.28. The van der Waals surface area contributed by atoms with Gasteiger partial charge >= 0.3 is 0 Å². The number of halogens is 1. The van der Waals surface area contributed by atoms with Crippen molar-refractivity contribution >= 4 is 12.4 Å². The molecule has 1 aromatic heterocycles. The summed E-state index contributed by atoms with van der Waals surface area (Å²) in [6, 6.07) is 6.45. The lowest BCUT2D eigenvalue weighted by Gasteiger charge is -2.30. The second kappa shape index (κ2) is 8.65. The first kappa shape index (κ1) is 19.7. The number of rotatable bonds is 5. The van der Waals surface area contributed by atoms with Gasteiger partial charge in [0.25, 0.3) is 5.89 Å². The Balaban J connectivity index is 0.00000225. The summed E-state index contributed by atoms with van der Waals surface area (Å²) in [5, 5.41) is 7.49. The lowest BCUT2D eigenvalue weighted by molar-refractivity contribution is 0.189. The van der Waals surface area contributed by atoms with Crippen molar-refractivity contribution in [2.75, 3.05) is 26.7 Å². The van der Waals surface area contributed by atoms with Crippen LogP contribution in [-0.4, -0.2) is 41.7 Å². The third-order valence-electron chi connectivity index (χ3n) is 4.44. The highest BCUT2D eigenvalue weighted by atomic mass is 35.5. The van der Waals surface area contributed by atoms with Crippen LogP contribution in [0.1, 0.15) is 48.6 Å². The fourth-order valence-electron chi connectivity index (χ4n) is 2.94. The molecular weight excluding hydrogens is 340 g/mol. The van der Waals surface area contributed by atoms with Crippen molar-refractivity contribution in [2.45, 2.75) is 39.3 Å². The summed E-state index contributed by atoms with van der Waals surface area (Å²) in [4.78, 5) is 6.75. The molecule has 2 aromatic rings. The topological polar surface area (TPSA) is 63.4 Å². The second-order valence-corrected chi connectivity index (χ2v) is 6.73. The van der Waals surface area contributed by atoms with Gasteiger partial charge in [0.2, 0.25) is 0 Å². The van der Waals surface area contributed by atoms with Crippen molar-refractivity contribution in [1.29, 1.82) is 0 Å². The van der Waals surface area contributed by atoms with Gasteiger partial charge in [-0.15, -0.1) is 12.4 Å². The fraction of sp³-hybridized carbons (Fsp3) is 0.556. The first-order chi connectivity index (χ1) is 11.5. The molecule has 2 heterocycles. The summed E-state index contributed by atoms with van der Waals surface area (Å²) < 4.78 is 11.3. The molecule has 1 aliphatic rings. The summed E-state index contributed by atoms with van der Waals surface area (Å²) >= 11 is 0. The molecule has 0 spiro atoms. The second-order valence-electron chi connectivity index (χ2n) is 6.73. The van der Waals surface area contributed by atoms with E-state index in [0.29, 0.717) is 18.4 Å². The molecule has 138 valence electrons. The summed E-state index contributed by atoms with van der Waals surface area (Å²) in [7, 11) is 2.08. The largest absolute Gasteiger partial charge is 0.483 e. The third kappa shape index (κ3) is 4.71. The van der Waals surface area contributed by atoms with Crippen molar-refractivity contribution < 1.29 is 9.26 Å². The maximum absolute atomic E-state index is 5.97. The Morgan fingerprint density at radius 3 is 2.92 bits per heavy atom. The van der Waals surface area contributed by atoms with Crippen LogP contribution in [0.5, 0.6) is 5.75 Å². The molecule has 0 amide bonds. The summed E-state index contributed by atoms with van der Waals surface area (Å²) in [5.41, 5.74) is 2.37. The molecule has 0 saturated carbocycles. The minimum atomic E-state index is 0. The average Bonchev–Trinajstić information content (AvgIpc) is 3.02. The standard InChI is InChI=1S/C18H26N4O2.ClH/c1-12(2)14-6-5-13(3)9-16(14)23-11-17-20-18(21-24-17)15-10-19-7-8-22(15)4;/h5-6,9,12,15,19H,7-8,10-11H2,1-4H3;1H. The quantitative estimate of drug-likeness (QED) is 0.877. The SMILES string of the molecule is Cc1ccc(C(C)C)c(OCc2nc(C3CNCCN3C)no2)c1.Cl. The third-order valence-corrected chi connectivity index (χ3v) is 4.44. The molecular formula is C18H27ClN4O2. The van der Waals surface area contributed by atoms with E-state index in [-0.39, 0.29) is 18.4 Å². The molecule has 0 aliphatic carbocycles. The molecule has 1 aliphatic heterocycles. The number of nitrogens with zero attached hydrogens (tertiary/aromatic N) is 3. The van der Waals surface area contributed by atoms with Gasteiger partial charge in [-0.1, -0.05) is 31.1 Å². The van der Waals surface area contributed by atoms with Gasteiger partial charge in [-0.25, -0.2) is 0 Å². The molecule has 1 N–H and O–H groups in total. The minimum Gasteiger partial charge on any atom is -0.483 e. The van der Waals surface area contributed by atoms with Crippen LogP contribution in [0.2, 0.25) is 0 Å². The van der Waals surface area contributed by atoms with Gasteiger partial charge in [-0.05, 0) is 37.1 Å². The Morgan fingerprint density at radius 1 is 1.40 bits per heavy atom. The first-order valence-corrected chi connectivity index (χ1v) is 8.51. The van der Waals surface area contributed by atoms with Crippen molar-refractivity contribution in [3.63, 3.8) is 0 Å². The number of aryl methyl sites for hydroxylation is 1. The Labute approximate surface area is 155 Å². The van der Waals surface area contributed by atoms with Crippen LogP contribution in [0, 0.1) is 6.92 Å². The van der Waals surface area contributed by atoms with Gasteiger partial charge in [-0.2, -0.15) is 4.98 Å². The van der Waals surface area contributed by atoms with Gasteiger partial charge in [-0.3, -0.25) is 4.90 Å². The van der Waals surface area contributed by atoms with E-state index in [1.54, 1.807) is 0 Å². The molecule has 1 unspecified atom stereocenters. The number of likely N-dealkylation sites (N-methyl/N-ethyl adjacent to an activating group) is 1. The van der Waals surface area contributed by atoms with Crippen LogP contribution >= 0.6 is 12.4 Å². The summed E-state index contributed by atoms with van der Waals surface area (Å²) in [6.07, 6.45) is 0. The number of aromatic nitrogens is 2. The van der Waals surface area contributed by atoms with Gasteiger partial charge in [0.15, 0.2) is 12.4 Å². The summed E-state index contributed by atoms with van der Waals surface area (Å²) in [5.74, 6) is 2.53. The van der Waals surface area contributed by atoms with E-state index in [1.165, 1.54) is 11.1 Å². The summed E-state index contributed by atoms with van der Waals surface area (Å²) in [6.45, 7) is 9.49. The lowest BCUT2D eigenvalue weighted by Crippen LogP contribution is -2.44. The van der Waals surface area contributed by atoms with E-state index in [0.717, 1.165) is 31.2 Å². The molecule has 0 bridgehead atoms. The van der Waals surface area contributed by atoms with Crippen molar-refractivity contribution in [3.05, 3.63) is 41.0 Å². The minimum absolute atomic E-state index is 0. The highest BCUT2D eigenvalue weighted by Gasteiger charge is 2.25. The van der Waals surface area contributed by atoms with E-state index in [4.69, 9.17) is 9.26 Å². The van der Waals surface area contributed by atoms with Crippen molar-refractivity contribution in [2.24, 2.45) is 0 Å². The Kier molecular flexibility index (Phi) is 6.81. The molecule has 1 atom stereocenters. The number of piperazine rings is 1. The maximum Gasteiger partial charge on any atom is 0.264 e. The molecule has 0 radical (unpaired) electrons. The van der Waals surface area contributed by atoms with Gasteiger partial charge < -0.3 is 14.6 Å². The smallest absolute Gasteiger partial charge is 0.264 e. The maximum atomic E-state index is 5.97. The Bertz CT molecular complexity index is 689. The fourth-order valence-corrected chi connectivity index (χ4v) is 2.94. The zero-order chi connectivity index (χ0) is 17.1.